The molecule has 0 spiro atoms. The second-order valence-electron chi connectivity index (χ2n) is 10.4. The first-order valence-electron chi connectivity index (χ1n) is 13.0. The largest absolute Gasteiger partial charge is 0.356 e. The Kier molecular flexibility index (Phi) is 8.42. The fraction of sp³-hybridized carbons (Fsp3) is 0.840. The summed E-state index contributed by atoms with van der Waals surface area (Å²) in [6, 6.07) is 3.28. The van der Waals surface area contributed by atoms with Crippen LogP contribution in [0, 0.1) is 5.92 Å². The van der Waals surface area contributed by atoms with Crippen LogP contribution >= 0.6 is 0 Å². The summed E-state index contributed by atoms with van der Waals surface area (Å²) in [5.74, 6) is 2.69. The molecule has 174 valence electrons. The smallest absolute Gasteiger partial charge is 0.224 e. The number of nitrogens with one attached hydrogen (secondary N) is 1. The zero-order chi connectivity index (χ0) is 21.5. The van der Waals surface area contributed by atoms with Gasteiger partial charge in [-0.2, -0.15) is 4.98 Å². The zero-order valence-electron chi connectivity index (χ0n) is 19.9. The number of anilines is 2. The van der Waals surface area contributed by atoms with Gasteiger partial charge < -0.3 is 15.1 Å². The molecule has 0 aliphatic carbocycles. The third-order valence-corrected chi connectivity index (χ3v) is 7.30. The average molecular weight is 429 g/mol. The summed E-state index contributed by atoms with van der Waals surface area (Å²) in [7, 11) is 0. The van der Waals surface area contributed by atoms with E-state index in [1.807, 2.05) is 6.20 Å². The van der Waals surface area contributed by atoms with Crippen LogP contribution in [-0.2, 0) is 0 Å². The SMILES string of the molecule is CC(C)CN1CCC(N2CCCCC(Nc3nccc(N4CCCCCC4)n3)C2)CC1. The van der Waals surface area contributed by atoms with Crippen molar-refractivity contribution in [3.63, 3.8) is 0 Å². The van der Waals surface area contributed by atoms with Crippen molar-refractivity contribution in [1.29, 1.82) is 0 Å². The van der Waals surface area contributed by atoms with Crippen LogP contribution in [0.2, 0.25) is 0 Å². The lowest BCUT2D eigenvalue weighted by atomic mass is 10.0. The van der Waals surface area contributed by atoms with E-state index in [1.165, 1.54) is 84.0 Å². The quantitative estimate of drug-likeness (QED) is 0.731. The van der Waals surface area contributed by atoms with Crippen LogP contribution in [0.25, 0.3) is 0 Å². The molecule has 4 rings (SSSR count). The molecule has 3 aliphatic rings. The van der Waals surface area contributed by atoms with Gasteiger partial charge in [-0.1, -0.05) is 33.1 Å². The highest BCUT2D eigenvalue weighted by molar-refractivity contribution is 5.43. The van der Waals surface area contributed by atoms with Crippen molar-refractivity contribution < 1.29 is 0 Å². The Balaban J connectivity index is 1.33. The average Bonchev–Trinajstić information content (AvgIpc) is 3.17. The molecule has 0 aromatic carbocycles. The van der Waals surface area contributed by atoms with Crippen molar-refractivity contribution >= 4 is 11.8 Å². The molecule has 3 aliphatic heterocycles. The van der Waals surface area contributed by atoms with Crippen molar-refractivity contribution in [3.05, 3.63) is 12.3 Å². The summed E-state index contributed by atoms with van der Waals surface area (Å²) in [6.07, 6.45) is 13.7. The number of rotatable bonds is 6. The van der Waals surface area contributed by atoms with Gasteiger partial charge in [0.25, 0.3) is 0 Å². The summed E-state index contributed by atoms with van der Waals surface area (Å²) in [5, 5.41) is 3.72. The molecule has 3 saturated heterocycles. The second kappa shape index (κ2) is 11.5. The van der Waals surface area contributed by atoms with Crippen LogP contribution in [0.5, 0.6) is 0 Å². The number of aromatic nitrogens is 2. The van der Waals surface area contributed by atoms with Crippen LogP contribution in [-0.4, -0.2) is 77.7 Å². The van der Waals surface area contributed by atoms with Gasteiger partial charge in [0.2, 0.25) is 5.95 Å². The molecular weight excluding hydrogens is 384 g/mol. The Morgan fingerprint density at radius 3 is 2.42 bits per heavy atom. The van der Waals surface area contributed by atoms with Gasteiger partial charge >= 0.3 is 0 Å². The van der Waals surface area contributed by atoms with Crippen molar-refractivity contribution in [1.82, 2.24) is 19.8 Å². The van der Waals surface area contributed by atoms with Crippen LogP contribution in [0.15, 0.2) is 12.3 Å². The Labute approximate surface area is 189 Å². The van der Waals surface area contributed by atoms with Gasteiger partial charge in [0.05, 0.1) is 0 Å². The third-order valence-electron chi connectivity index (χ3n) is 7.30. The monoisotopic (exact) mass is 428 g/mol. The highest BCUT2D eigenvalue weighted by atomic mass is 15.3. The van der Waals surface area contributed by atoms with Gasteiger partial charge in [-0.15, -0.1) is 0 Å². The molecule has 0 bridgehead atoms. The first-order valence-corrected chi connectivity index (χ1v) is 13.0. The van der Waals surface area contributed by atoms with Crippen LogP contribution < -0.4 is 10.2 Å². The predicted molar refractivity (Wildman–Crippen MR) is 130 cm³/mol. The Hall–Kier alpha value is -1.40. The highest BCUT2D eigenvalue weighted by Gasteiger charge is 2.28. The van der Waals surface area contributed by atoms with E-state index in [2.05, 4.69) is 44.9 Å². The number of hydrogen-bond donors (Lipinski definition) is 1. The van der Waals surface area contributed by atoms with E-state index < -0.39 is 0 Å². The van der Waals surface area contributed by atoms with Crippen molar-refractivity contribution in [2.75, 3.05) is 56.0 Å². The normalized spacial score (nSPS) is 25.4. The van der Waals surface area contributed by atoms with Crippen LogP contribution in [0.1, 0.15) is 71.6 Å². The van der Waals surface area contributed by atoms with Gasteiger partial charge in [-0.3, -0.25) is 4.90 Å². The highest BCUT2D eigenvalue weighted by Crippen LogP contribution is 2.23. The molecule has 1 atom stereocenters. The molecule has 1 aromatic heterocycles. The van der Waals surface area contributed by atoms with Gasteiger partial charge in [0, 0.05) is 44.5 Å². The summed E-state index contributed by atoms with van der Waals surface area (Å²) < 4.78 is 0. The Morgan fingerprint density at radius 2 is 1.68 bits per heavy atom. The number of piperidine rings is 1. The lowest BCUT2D eigenvalue weighted by Crippen LogP contribution is -2.48. The maximum Gasteiger partial charge on any atom is 0.224 e. The van der Waals surface area contributed by atoms with Crippen molar-refractivity contribution in [2.45, 2.75) is 83.7 Å². The molecule has 31 heavy (non-hydrogen) atoms. The first-order chi connectivity index (χ1) is 15.2. The maximum absolute atomic E-state index is 4.92. The standard InChI is InChI=1S/C25H44N6/c1-21(2)19-29-17-11-23(12-18-29)31-16-8-5-9-22(20-31)27-25-26-13-10-24(28-25)30-14-6-3-4-7-15-30/h10,13,21-23H,3-9,11-12,14-20H2,1-2H3,(H,26,27,28). The van der Waals surface area contributed by atoms with E-state index in [-0.39, 0.29) is 0 Å². The van der Waals surface area contributed by atoms with E-state index in [4.69, 9.17) is 4.98 Å². The maximum atomic E-state index is 4.92. The minimum atomic E-state index is 0.454. The Bertz CT molecular complexity index is 649. The van der Waals surface area contributed by atoms with E-state index in [0.29, 0.717) is 6.04 Å². The van der Waals surface area contributed by atoms with Gasteiger partial charge in [0.15, 0.2) is 0 Å². The Morgan fingerprint density at radius 1 is 0.935 bits per heavy atom. The lowest BCUT2D eigenvalue weighted by molar-refractivity contribution is 0.102. The topological polar surface area (TPSA) is 47.5 Å². The van der Waals surface area contributed by atoms with Crippen molar-refractivity contribution in [3.8, 4) is 0 Å². The number of hydrogen-bond acceptors (Lipinski definition) is 6. The number of nitrogens with zero attached hydrogens (tertiary/aromatic N) is 5. The zero-order valence-corrected chi connectivity index (χ0v) is 19.9. The minimum absolute atomic E-state index is 0.454. The molecule has 0 radical (unpaired) electrons. The lowest BCUT2D eigenvalue weighted by Gasteiger charge is -2.39. The molecule has 1 unspecified atom stereocenters. The van der Waals surface area contributed by atoms with E-state index in [1.54, 1.807) is 0 Å². The number of likely N-dealkylation sites (tertiary alicyclic amines) is 2. The van der Waals surface area contributed by atoms with Gasteiger partial charge in [-0.05, 0) is 70.1 Å². The molecule has 0 amide bonds. The summed E-state index contributed by atoms with van der Waals surface area (Å²) in [5.41, 5.74) is 0. The van der Waals surface area contributed by atoms with E-state index in [9.17, 15) is 0 Å². The summed E-state index contributed by atoms with van der Waals surface area (Å²) >= 11 is 0. The molecule has 1 aromatic rings. The predicted octanol–water partition coefficient (Wildman–Crippen LogP) is 4.24. The fourth-order valence-corrected chi connectivity index (χ4v) is 5.68. The van der Waals surface area contributed by atoms with Crippen LogP contribution in [0.3, 0.4) is 0 Å². The third kappa shape index (κ3) is 6.79. The fourth-order valence-electron chi connectivity index (χ4n) is 5.68. The second-order valence-corrected chi connectivity index (χ2v) is 10.4. The molecular formula is C25H44N6. The first kappa shape index (κ1) is 22.8. The molecule has 4 heterocycles. The molecule has 3 fully saturated rings. The van der Waals surface area contributed by atoms with Crippen molar-refractivity contribution in [2.24, 2.45) is 5.92 Å². The van der Waals surface area contributed by atoms with E-state index >= 15 is 0 Å². The summed E-state index contributed by atoms with van der Waals surface area (Å²) in [4.78, 5) is 17.4. The van der Waals surface area contributed by atoms with Crippen LogP contribution in [0.4, 0.5) is 11.8 Å². The summed E-state index contributed by atoms with van der Waals surface area (Å²) in [6.45, 7) is 13.1. The van der Waals surface area contributed by atoms with Gasteiger partial charge in [0.1, 0.15) is 5.82 Å². The van der Waals surface area contributed by atoms with E-state index in [0.717, 1.165) is 43.4 Å². The molecule has 6 heteroatoms. The molecule has 0 saturated carbocycles. The minimum Gasteiger partial charge on any atom is -0.356 e. The molecule has 1 N–H and O–H groups in total. The molecule has 6 nitrogen and oxygen atoms in total. The van der Waals surface area contributed by atoms with Gasteiger partial charge in [-0.25, -0.2) is 4.98 Å².